The molecule has 1 saturated carbocycles. The highest BCUT2D eigenvalue weighted by atomic mass is 32.1. The van der Waals surface area contributed by atoms with Crippen molar-refractivity contribution in [3.05, 3.63) is 40.9 Å². The molecule has 2 aromatic rings. The molecule has 3 rings (SSSR count). The first-order chi connectivity index (χ1) is 10.1. The van der Waals surface area contributed by atoms with Crippen molar-refractivity contribution in [2.24, 2.45) is 5.92 Å². The van der Waals surface area contributed by atoms with Crippen LogP contribution in [0.2, 0.25) is 0 Å². The van der Waals surface area contributed by atoms with E-state index in [-0.39, 0.29) is 17.7 Å². The lowest BCUT2D eigenvalue weighted by molar-refractivity contribution is -0.117. The standard InChI is InChI=1S/C15H15N3O2S/c1-9-3-2-4-12(16-9)17-15(20)11-7-8-13(21-11)18-14(19)10-5-6-10/h2-4,7-8,10H,5-6H2,1H3,(H,18,19)(H,16,17,20). The summed E-state index contributed by atoms with van der Waals surface area (Å²) in [4.78, 5) is 28.6. The minimum Gasteiger partial charge on any atom is -0.317 e. The Morgan fingerprint density at radius 1 is 1.19 bits per heavy atom. The molecule has 6 heteroatoms. The summed E-state index contributed by atoms with van der Waals surface area (Å²) in [6.07, 6.45) is 1.92. The van der Waals surface area contributed by atoms with Crippen molar-refractivity contribution >= 4 is 34.0 Å². The zero-order valence-corrected chi connectivity index (χ0v) is 12.4. The number of aromatic nitrogens is 1. The van der Waals surface area contributed by atoms with Gasteiger partial charge in [0.15, 0.2) is 0 Å². The van der Waals surface area contributed by atoms with E-state index in [1.165, 1.54) is 11.3 Å². The molecule has 0 radical (unpaired) electrons. The molecular formula is C15H15N3O2S. The molecule has 1 aliphatic carbocycles. The van der Waals surface area contributed by atoms with E-state index < -0.39 is 0 Å². The number of nitrogens with zero attached hydrogens (tertiary/aromatic N) is 1. The van der Waals surface area contributed by atoms with Gasteiger partial charge in [-0.25, -0.2) is 4.98 Å². The number of carbonyl (C=O) groups excluding carboxylic acids is 2. The van der Waals surface area contributed by atoms with Crippen molar-refractivity contribution in [2.45, 2.75) is 19.8 Å². The van der Waals surface area contributed by atoms with E-state index in [0.29, 0.717) is 15.7 Å². The number of aryl methyl sites for hydroxylation is 1. The monoisotopic (exact) mass is 301 g/mol. The molecule has 108 valence electrons. The maximum Gasteiger partial charge on any atom is 0.266 e. The van der Waals surface area contributed by atoms with Gasteiger partial charge >= 0.3 is 0 Å². The zero-order chi connectivity index (χ0) is 14.8. The molecule has 0 saturated heterocycles. The van der Waals surface area contributed by atoms with Gasteiger partial charge in [-0.1, -0.05) is 6.07 Å². The lowest BCUT2D eigenvalue weighted by Crippen LogP contribution is -2.12. The van der Waals surface area contributed by atoms with Gasteiger partial charge in [0.05, 0.1) is 9.88 Å². The van der Waals surface area contributed by atoms with E-state index in [9.17, 15) is 9.59 Å². The van der Waals surface area contributed by atoms with E-state index in [1.807, 2.05) is 19.1 Å². The molecule has 5 nitrogen and oxygen atoms in total. The Hall–Kier alpha value is -2.21. The zero-order valence-electron chi connectivity index (χ0n) is 11.6. The van der Waals surface area contributed by atoms with Gasteiger partial charge in [0, 0.05) is 11.6 Å². The minimum atomic E-state index is -0.218. The average Bonchev–Trinajstić information content (AvgIpc) is 3.19. The van der Waals surface area contributed by atoms with Crippen LogP contribution in [0.3, 0.4) is 0 Å². The highest BCUT2D eigenvalue weighted by Crippen LogP contribution is 2.31. The van der Waals surface area contributed by atoms with Gasteiger partial charge in [-0.15, -0.1) is 11.3 Å². The van der Waals surface area contributed by atoms with E-state index >= 15 is 0 Å². The molecule has 21 heavy (non-hydrogen) atoms. The van der Waals surface area contributed by atoms with Crippen molar-refractivity contribution in [1.82, 2.24) is 4.98 Å². The summed E-state index contributed by atoms with van der Waals surface area (Å²) in [7, 11) is 0. The highest BCUT2D eigenvalue weighted by molar-refractivity contribution is 7.18. The maximum atomic E-state index is 12.1. The Bertz CT molecular complexity index is 692. The molecule has 2 amide bonds. The molecule has 0 spiro atoms. The van der Waals surface area contributed by atoms with Gasteiger partial charge in [-0.05, 0) is 44.0 Å². The summed E-state index contributed by atoms with van der Waals surface area (Å²) in [5, 5.41) is 6.29. The van der Waals surface area contributed by atoms with Gasteiger partial charge in [0.1, 0.15) is 5.82 Å². The molecule has 0 bridgehead atoms. The number of rotatable bonds is 4. The second kappa shape index (κ2) is 5.65. The van der Waals surface area contributed by atoms with Crippen LogP contribution >= 0.6 is 11.3 Å². The number of hydrogen-bond donors (Lipinski definition) is 2. The fourth-order valence-electron chi connectivity index (χ4n) is 1.89. The molecule has 2 N–H and O–H groups in total. The van der Waals surface area contributed by atoms with Crippen molar-refractivity contribution in [2.75, 3.05) is 10.6 Å². The normalized spacial score (nSPS) is 13.8. The van der Waals surface area contributed by atoms with Crippen LogP contribution in [0.1, 0.15) is 28.2 Å². The van der Waals surface area contributed by atoms with Crippen molar-refractivity contribution in [1.29, 1.82) is 0 Å². The predicted octanol–water partition coefficient (Wildman–Crippen LogP) is 3.05. The third-order valence-corrected chi connectivity index (χ3v) is 4.15. The Kier molecular flexibility index (Phi) is 3.70. The summed E-state index contributed by atoms with van der Waals surface area (Å²) in [6, 6.07) is 8.91. The van der Waals surface area contributed by atoms with Crippen LogP contribution in [-0.2, 0) is 4.79 Å². The predicted molar refractivity (Wildman–Crippen MR) is 82.6 cm³/mol. The molecule has 0 atom stereocenters. The van der Waals surface area contributed by atoms with Gasteiger partial charge < -0.3 is 10.6 Å². The van der Waals surface area contributed by atoms with E-state index in [1.54, 1.807) is 18.2 Å². The SMILES string of the molecule is Cc1cccc(NC(=O)c2ccc(NC(=O)C3CC3)s2)n1. The summed E-state index contributed by atoms with van der Waals surface area (Å²) in [6.45, 7) is 1.87. The number of carbonyl (C=O) groups is 2. The largest absolute Gasteiger partial charge is 0.317 e. The van der Waals surface area contributed by atoms with Gasteiger partial charge in [-0.2, -0.15) is 0 Å². The molecule has 0 aromatic carbocycles. The molecule has 0 aliphatic heterocycles. The first-order valence-corrected chi connectivity index (χ1v) is 7.59. The Labute approximate surface area is 126 Å². The lowest BCUT2D eigenvalue weighted by Gasteiger charge is -2.03. The third kappa shape index (κ3) is 3.46. The van der Waals surface area contributed by atoms with Crippen LogP contribution in [0, 0.1) is 12.8 Å². The highest BCUT2D eigenvalue weighted by Gasteiger charge is 2.29. The quantitative estimate of drug-likeness (QED) is 0.911. The first-order valence-electron chi connectivity index (χ1n) is 6.77. The maximum absolute atomic E-state index is 12.1. The molecule has 2 aromatic heterocycles. The van der Waals surface area contributed by atoms with E-state index in [0.717, 1.165) is 18.5 Å². The summed E-state index contributed by atoms with van der Waals surface area (Å²) < 4.78 is 0. The molecular weight excluding hydrogens is 286 g/mol. The van der Waals surface area contributed by atoms with Crippen LogP contribution < -0.4 is 10.6 Å². The second-order valence-corrected chi connectivity index (χ2v) is 6.13. The van der Waals surface area contributed by atoms with Crippen LogP contribution in [0.4, 0.5) is 10.8 Å². The molecule has 0 unspecified atom stereocenters. The Morgan fingerprint density at radius 3 is 2.71 bits per heavy atom. The number of amides is 2. The van der Waals surface area contributed by atoms with Crippen molar-refractivity contribution in [3.8, 4) is 0 Å². The molecule has 1 fully saturated rings. The van der Waals surface area contributed by atoms with E-state index in [4.69, 9.17) is 0 Å². The second-order valence-electron chi connectivity index (χ2n) is 5.05. The van der Waals surface area contributed by atoms with Crippen LogP contribution in [0.5, 0.6) is 0 Å². The van der Waals surface area contributed by atoms with Gasteiger partial charge in [0.25, 0.3) is 5.91 Å². The Balaban J connectivity index is 1.64. The Morgan fingerprint density at radius 2 is 2.00 bits per heavy atom. The summed E-state index contributed by atoms with van der Waals surface area (Å²) in [5.41, 5.74) is 0.844. The van der Waals surface area contributed by atoms with Crippen LogP contribution in [-0.4, -0.2) is 16.8 Å². The summed E-state index contributed by atoms with van der Waals surface area (Å²) in [5.74, 6) is 0.506. The third-order valence-electron chi connectivity index (χ3n) is 3.15. The van der Waals surface area contributed by atoms with Crippen LogP contribution in [0.25, 0.3) is 0 Å². The first kappa shape index (κ1) is 13.8. The van der Waals surface area contributed by atoms with Gasteiger partial charge in [0.2, 0.25) is 5.91 Å². The topological polar surface area (TPSA) is 71.1 Å². The smallest absolute Gasteiger partial charge is 0.266 e. The van der Waals surface area contributed by atoms with Crippen molar-refractivity contribution < 1.29 is 9.59 Å². The minimum absolute atomic E-state index is 0.0455. The lowest BCUT2D eigenvalue weighted by atomic mass is 10.3. The number of pyridine rings is 1. The van der Waals surface area contributed by atoms with E-state index in [2.05, 4.69) is 15.6 Å². The van der Waals surface area contributed by atoms with Crippen LogP contribution in [0.15, 0.2) is 30.3 Å². The number of nitrogens with one attached hydrogen (secondary N) is 2. The number of hydrogen-bond acceptors (Lipinski definition) is 4. The molecule has 1 aliphatic rings. The average molecular weight is 301 g/mol. The molecule has 2 heterocycles. The fourth-order valence-corrected chi connectivity index (χ4v) is 2.69. The summed E-state index contributed by atoms with van der Waals surface area (Å²) >= 11 is 1.27. The number of thiophene rings is 1. The van der Waals surface area contributed by atoms with Gasteiger partial charge in [-0.3, -0.25) is 9.59 Å². The van der Waals surface area contributed by atoms with Crippen molar-refractivity contribution in [3.63, 3.8) is 0 Å². The number of anilines is 2. The fraction of sp³-hybridized carbons (Fsp3) is 0.267.